The second-order valence-electron chi connectivity index (χ2n) is 12.0. The summed E-state index contributed by atoms with van der Waals surface area (Å²) in [6.07, 6.45) is 3.76. The summed E-state index contributed by atoms with van der Waals surface area (Å²) in [7, 11) is 0. The first-order chi connectivity index (χ1) is 22.6. The predicted molar refractivity (Wildman–Crippen MR) is 194 cm³/mol. The van der Waals surface area contributed by atoms with Crippen molar-refractivity contribution < 1.29 is 0 Å². The lowest BCUT2D eigenvalue weighted by atomic mass is 9.84. The van der Waals surface area contributed by atoms with Crippen LogP contribution in [-0.2, 0) is 0 Å². The molecule has 0 aliphatic heterocycles. The van der Waals surface area contributed by atoms with E-state index in [1.807, 2.05) is 24.5 Å². The largest absolute Gasteiger partial charge is 0.256 e. The average Bonchev–Trinajstić information content (AvgIpc) is 3.11. The van der Waals surface area contributed by atoms with Crippen LogP contribution in [0.15, 0.2) is 158 Å². The van der Waals surface area contributed by atoms with Crippen molar-refractivity contribution in [2.75, 3.05) is 0 Å². The van der Waals surface area contributed by atoms with E-state index in [1.165, 1.54) is 66.1 Å². The molecule has 0 aliphatic rings. The molecule has 6 aromatic carbocycles. The van der Waals surface area contributed by atoms with Crippen molar-refractivity contribution in [3.63, 3.8) is 0 Å². The molecule has 0 radical (unpaired) electrons. The molecule has 8 rings (SSSR count). The van der Waals surface area contributed by atoms with Gasteiger partial charge in [0.1, 0.15) is 0 Å². The normalized spacial score (nSPS) is 11.3. The van der Waals surface area contributed by atoms with Crippen LogP contribution in [0.4, 0.5) is 0 Å². The molecule has 8 aromatic rings. The molecule has 2 heterocycles. The van der Waals surface area contributed by atoms with E-state index in [-0.39, 0.29) is 0 Å². The van der Waals surface area contributed by atoms with Gasteiger partial charge in [0.05, 0.1) is 11.4 Å². The van der Waals surface area contributed by atoms with Gasteiger partial charge in [-0.2, -0.15) is 0 Å². The van der Waals surface area contributed by atoms with E-state index < -0.39 is 0 Å². The number of aromatic nitrogens is 2. The SMILES string of the molecule is Cc1ccnc(-c2ccc(-c3c4ccccc4c(-c4ccc(-c5cc(C)ccn5)cc4)c4cc(-c5ccccc5)ccc34)cc2)c1. The lowest BCUT2D eigenvalue weighted by molar-refractivity contribution is 1.29. The molecule has 0 fully saturated rings. The number of rotatable bonds is 5. The number of hydrogen-bond donors (Lipinski definition) is 0. The quantitative estimate of drug-likeness (QED) is 0.187. The smallest absolute Gasteiger partial charge is 0.0704 e. The number of fused-ring (bicyclic) bond motifs is 2. The second kappa shape index (κ2) is 11.6. The molecule has 0 bridgehead atoms. The Balaban J connectivity index is 1.36. The second-order valence-corrected chi connectivity index (χ2v) is 12.0. The summed E-state index contributed by atoms with van der Waals surface area (Å²) >= 11 is 0. The summed E-state index contributed by atoms with van der Waals surface area (Å²) in [5, 5.41) is 4.95. The summed E-state index contributed by atoms with van der Waals surface area (Å²) < 4.78 is 0. The van der Waals surface area contributed by atoms with Crippen molar-refractivity contribution in [3.8, 4) is 55.9 Å². The Hall–Kier alpha value is -5.86. The summed E-state index contributed by atoms with van der Waals surface area (Å²) in [6, 6.07) is 52.6. The third kappa shape index (κ3) is 5.04. The van der Waals surface area contributed by atoms with Crippen LogP contribution in [0.25, 0.3) is 77.4 Å². The highest BCUT2D eigenvalue weighted by Gasteiger charge is 2.18. The van der Waals surface area contributed by atoms with Gasteiger partial charge in [0.15, 0.2) is 0 Å². The van der Waals surface area contributed by atoms with Gasteiger partial charge in [-0.1, -0.05) is 115 Å². The Morgan fingerprint density at radius 1 is 0.326 bits per heavy atom. The van der Waals surface area contributed by atoms with Gasteiger partial charge in [-0.25, -0.2) is 0 Å². The Kier molecular flexibility index (Phi) is 6.96. The van der Waals surface area contributed by atoms with Crippen molar-refractivity contribution >= 4 is 21.5 Å². The zero-order chi connectivity index (χ0) is 31.0. The Bertz CT molecular complexity index is 2350. The molecule has 46 heavy (non-hydrogen) atoms. The van der Waals surface area contributed by atoms with Crippen LogP contribution >= 0.6 is 0 Å². The lowest BCUT2D eigenvalue weighted by Crippen LogP contribution is -1.92. The van der Waals surface area contributed by atoms with E-state index in [4.69, 9.17) is 0 Å². The van der Waals surface area contributed by atoms with Crippen LogP contribution < -0.4 is 0 Å². The molecular formula is C44H32N2. The standard InChI is InChI=1S/C44H32N2/c1-29-22-24-45-41(26-29)32-12-16-34(17-13-32)43-37-10-6-7-11-38(37)44(35-18-14-33(15-19-35)42-27-30(2)23-25-46-42)40-28-36(20-21-39(40)43)31-8-4-3-5-9-31/h3-28H,1-2H3. The van der Waals surface area contributed by atoms with E-state index in [1.54, 1.807) is 0 Å². The van der Waals surface area contributed by atoms with Crippen LogP contribution in [0.3, 0.4) is 0 Å². The van der Waals surface area contributed by atoms with Gasteiger partial charge < -0.3 is 0 Å². The minimum absolute atomic E-state index is 0.993. The fraction of sp³-hybridized carbons (Fsp3) is 0.0455. The molecule has 2 nitrogen and oxygen atoms in total. The Morgan fingerprint density at radius 2 is 0.761 bits per heavy atom. The third-order valence-corrected chi connectivity index (χ3v) is 8.90. The maximum absolute atomic E-state index is 4.63. The van der Waals surface area contributed by atoms with Gasteiger partial charge in [0, 0.05) is 23.5 Å². The molecule has 0 atom stereocenters. The van der Waals surface area contributed by atoms with Crippen LogP contribution in [0.1, 0.15) is 11.1 Å². The molecule has 0 N–H and O–H groups in total. The molecule has 0 amide bonds. The molecule has 0 spiro atoms. The first-order valence-corrected chi connectivity index (χ1v) is 15.7. The first-order valence-electron chi connectivity index (χ1n) is 15.7. The van der Waals surface area contributed by atoms with Crippen LogP contribution in [0.2, 0.25) is 0 Å². The first kappa shape index (κ1) is 27.7. The molecule has 0 aliphatic carbocycles. The summed E-state index contributed by atoms with van der Waals surface area (Å²) in [5.74, 6) is 0. The zero-order valence-electron chi connectivity index (χ0n) is 25.9. The van der Waals surface area contributed by atoms with E-state index in [9.17, 15) is 0 Å². The van der Waals surface area contributed by atoms with Crippen molar-refractivity contribution in [1.29, 1.82) is 0 Å². The number of benzene rings is 6. The molecule has 0 saturated carbocycles. The van der Waals surface area contributed by atoms with Crippen LogP contribution in [0, 0.1) is 13.8 Å². The summed E-state index contributed by atoms with van der Waals surface area (Å²) in [4.78, 5) is 9.25. The summed E-state index contributed by atoms with van der Waals surface area (Å²) in [5.41, 5.74) is 13.9. The van der Waals surface area contributed by atoms with Gasteiger partial charge >= 0.3 is 0 Å². The fourth-order valence-electron chi connectivity index (χ4n) is 6.61. The molecule has 0 unspecified atom stereocenters. The van der Waals surface area contributed by atoms with Crippen molar-refractivity contribution in [3.05, 3.63) is 169 Å². The number of aryl methyl sites for hydroxylation is 2. The highest BCUT2D eigenvalue weighted by atomic mass is 14.7. The van der Waals surface area contributed by atoms with Crippen molar-refractivity contribution in [2.45, 2.75) is 13.8 Å². The molecule has 2 heteroatoms. The fourth-order valence-corrected chi connectivity index (χ4v) is 6.61. The third-order valence-electron chi connectivity index (χ3n) is 8.90. The van der Waals surface area contributed by atoms with E-state index in [0.29, 0.717) is 0 Å². The number of hydrogen-bond acceptors (Lipinski definition) is 2. The van der Waals surface area contributed by atoms with Gasteiger partial charge in [0.2, 0.25) is 0 Å². The van der Waals surface area contributed by atoms with Gasteiger partial charge in [0.25, 0.3) is 0 Å². The zero-order valence-corrected chi connectivity index (χ0v) is 25.9. The topological polar surface area (TPSA) is 25.8 Å². The molecule has 2 aromatic heterocycles. The highest BCUT2D eigenvalue weighted by molar-refractivity contribution is 6.22. The van der Waals surface area contributed by atoms with Crippen molar-refractivity contribution in [2.24, 2.45) is 0 Å². The Morgan fingerprint density at radius 3 is 1.28 bits per heavy atom. The minimum Gasteiger partial charge on any atom is -0.256 e. The monoisotopic (exact) mass is 588 g/mol. The average molecular weight is 589 g/mol. The van der Waals surface area contributed by atoms with Gasteiger partial charge in [-0.05, 0) is 110 Å². The van der Waals surface area contributed by atoms with Gasteiger partial charge in [-0.15, -0.1) is 0 Å². The number of nitrogens with zero attached hydrogens (tertiary/aromatic N) is 2. The van der Waals surface area contributed by atoms with Gasteiger partial charge in [-0.3, -0.25) is 9.97 Å². The molecule has 218 valence electrons. The predicted octanol–water partition coefficient (Wildman–Crippen LogP) is 11.7. The van der Waals surface area contributed by atoms with Crippen LogP contribution in [0.5, 0.6) is 0 Å². The minimum atomic E-state index is 0.993. The van der Waals surface area contributed by atoms with Crippen molar-refractivity contribution in [1.82, 2.24) is 9.97 Å². The maximum atomic E-state index is 4.63. The van der Waals surface area contributed by atoms with Crippen LogP contribution in [-0.4, -0.2) is 9.97 Å². The Labute approximate surface area is 269 Å². The molecule has 0 saturated heterocycles. The van der Waals surface area contributed by atoms with E-state index in [2.05, 4.69) is 157 Å². The lowest BCUT2D eigenvalue weighted by Gasteiger charge is -2.19. The summed E-state index contributed by atoms with van der Waals surface area (Å²) in [6.45, 7) is 4.22. The molecular weight excluding hydrogens is 556 g/mol. The number of pyridine rings is 2. The van der Waals surface area contributed by atoms with E-state index >= 15 is 0 Å². The maximum Gasteiger partial charge on any atom is 0.0704 e. The van der Waals surface area contributed by atoms with E-state index in [0.717, 1.165) is 22.5 Å². The highest BCUT2D eigenvalue weighted by Crippen LogP contribution is 2.45.